The quantitative estimate of drug-likeness (QED) is 0.539. The second-order valence-corrected chi connectivity index (χ2v) is 6.13. The lowest BCUT2D eigenvalue weighted by molar-refractivity contribution is -0.275. The monoisotopic (exact) mass is 286 g/mol. The predicted molar refractivity (Wildman–Crippen MR) is 88.4 cm³/mol. The van der Waals surface area contributed by atoms with E-state index in [4.69, 9.17) is 9.78 Å². The van der Waals surface area contributed by atoms with E-state index in [1.807, 2.05) is 75.4 Å². The second-order valence-electron chi connectivity index (χ2n) is 6.13. The molecule has 0 saturated heterocycles. The van der Waals surface area contributed by atoms with Gasteiger partial charge in [0.15, 0.2) is 5.75 Å². The van der Waals surface area contributed by atoms with Gasteiger partial charge in [0.2, 0.25) is 0 Å². The van der Waals surface area contributed by atoms with E-state index in [0.717, 1.165) is 5.75 Å². The highest BCUT2D eigenvalue weighted by atomic mass is 17.2. The molecule has 2 aromatic carbocycles. The molecule has 2 nitrogen and oxygen atoms in total. The van der Waals surface area contributed by atoms with Gasteiger partial charge < -0.3 is 4.89 Å². The molecule has 2 rings (SSSR count). The highest BCUT2D eigenvalue weighted by Crippen LogP contribution is 2.27. The van der Waals surface area contributed by atoms with Crippen molar-refractivity contribution >= 4 is 0 Å². The third kappa shape index (κ3) is 7.52. The molecule has 21 heavy (non-hydrogen) atoms. The molecule has 2 heteroatoms. The summed E-state index contributed by atoms with van der Waals surface area (Å²) in [5.74, 6) is 1.24. The Balaban J connectivity index is 0.000000304. The van der Waals surface area contributed by atoms with E-state index >= 15 is 0 Å². The molecule has 0 spiro atoms. The average Bonchev–Trinajstić information content (AvgIpc) is 2.47. The molecule has 0 aromatic heterocycles. The first-order valence-electron chi connectivity index (χ1n) is 7.35. The van der Waals surface area contributed by atoms with Crippen LogP contribution in [0.5, 0.6) is 5.75 Å². The average molecular weight is 286 g/mol. The first-order chi connectivity index (χ1) is 9.90. The highest BCUT2D eigenvalue weighted by molar-refractivity contribution is 5.35. The van der Waals surface area contributed by atoms with Crippen LogP contribution >= 0.6 is 0 Å². The molecule has 0 N–H and O–H groups in total. The number of hydrogen-bond donors (Lipinski definition) is 0. The summed E-state index contributed by atoms with van der Waals surface area (Å²) in [6, 6.07) is 20.0. The van der Waals surface area contributed by atoms with Crippen LogP contribution < -0.4 is 4.89 Å². The van der Waals surface area contributed by atoms with Crippen molar-refractivity contribution in [2.45, 2.75) is 46.1 Å². The summed E-state index contributed by atoms with van der Waals surface area (Å²) in [5, 5.41) is 0. The van der Waals surface area contributed by atoms with E-state index < -0.39 is 0 Å². The zero-order valence-corrected chi connectivity index (χ0v) is 13.7. The predicted octanol–water partition coefficient (Wildman–Crippen LogP) is 5.61. The van der Waals surface area contributed by atoms with Gasteiger partial charge in [0, 0.05) is 5.56 Å². The van der Waals surface area contributed by atoms with Gasteiger partial charge in [-0.2, -0.15) is 4.89 Å². The Bertz CT molecular complexity index is 472. The number of hydrogen-bond acceptors (Lipinski definition) is 2. The Morgan fingerprint density at radius 3 is 1.67 bits per heavy atom. The smallest absolute Gasteiger partial charge is 0.168 e. The summed E-state index contributed by atoms with van der Waals surface area (Å²) >= 11 is 0. The molecule has 0 atom stereocenters. The van der Waals surface area contributed by atoms with E-state index in [1.165, 1.54) is 5.56 Å². The lowest BCUT2D eigenvalue weighted by atomic mass is 10.0. The standard InChI is InChI=1S/C13H20O2.C6H6/c1-10(2)11-8-6-7-9-12(11)14-15-13(3,4)5;1-2-4-6-5-3-1/h6-10H,1-5H3;1-6H. The van der Waals surface area contributed by atoms with Gasteiger partial charge in [0.05, 0.1) is 0 Å². The lowest BCUT2D eigenvalue weighted by Gasteiger charge is -2.19. The largest absolute Gasteiger partial charge is 0.337 e. The minimum absolute atomic E-state index is 0.288. The first kappa shape index (κ1) is 17.3. The van der Waals surface area contributed by atoms with E-state index in [2.05, 4.69) is 19.9 Å². The van der Waals surface area contributed by atoms with E-state index in [1.54, 1.807) is 0 Å². The van der Waals surface area contributed by atoms with E-state index in [-0.39, 0.29) is 5.60 Å². The van der Waals surface area contributed by atoms with Crippen molar-refractivity contribution in [3.8, 4) is 5.75 Å². The van der Waals surface area contributed by atoms with Crippen molar-refractivity contribution in [2.75, 3.05) is 0 Å². The number of rotatable bonds is 3. The van der Waals surface area contributed by atoms with Gasteiger partial charge in [0.1, 0.15) is 5.60 Å². The van der Waals surface area contributed by atoms with E-state index in [0.29, 0.717) is 5.92 Å². The molecule has 0 bridgehead atoms. The van der Waals surface area contributed by atoms with Crippen molar-refractivity contribution in [1.29, 1.82) is 0 Å². The molecule has 114 valence electrons. The molecule has 0 fully saturated rings. The summed E-state index contributed by atoms with van der Waals surface area (Å²) in [6.07, 6.45) is 0. The Kier molecular flexibility index (Phi) is 6.97. The van der Waals surface area contributed by atoms with Crippen molar-refractivity contribution in [3.63, 3.8) is 0 Å². The number of benzene rings is 2. The van der Waals surface area contributed by atoms with Crippen LogP contribution in [0.2, 0.25) is 0 Å². The maximum absolute atomic E-state index is 5.36. The molecule has 0 saturated carbocycles. The van der Waals surface area contributed by atoms with Gasteiger partial charge in [-0.3, -0.25) is 0 Å². The molecule has 0 aliphatic heterocycles. The molecule has 0 unspecified atom stereocenters. The zero-order chi connectivity index (χ0) is 15.7. The molecule has 0 aliphatic rings. The Labute approximate surface area is 128 Å². The zero-order valence-electron chi connectivity index (χ0n) is 13.7. The van der Waals surface area contributed by atoms with Gasteiger partial charge in [-0.15, -0.1) is 0 Å². The highest BCUT2D eigenvalue weighted by Gasteiger charge is 2.14. The van der Waals surface area contributed by atoms with Crippen LogP contribution in [0.25, 0.3) is 0 Å². The van der Waals surface area contributed by atoms with Crippen LogP contribution in [0.1, 0.15) is 46.1 Å². The van der Waals surface area contributed by atoms with Gasteiger partial charge in [-0.25, -0.2) is 0 Å². The van der Waals surface area contributed by atoms with Crippen molar-refractivity contribution in [3.05, 3.63) is 66.2 Å². The topological polar surface area (TPSA) is 18.5 Å². The fourth-order valence-electron chi connectivity index (χ4n) is 1.59. The fraction of sp³-hybridized carbons (Fsp3) is 0.368. The second kappa shape index (κ2) is 8.48. The maximum Gasteiger partial charge on any atom is 0.168 e. The van der Waals surface area contributed by atoms with Crippen molar-refractivity contribution < 1.29 is 9.78 Å². The summed E-state index contributed by atoms with van der Waals surface area (Å²) in [4.78, 5) is 10.7. The van der Waals surface area contributed by atoms with Crippen molar-refractivity contribution in [1.82, 2.24) is 0 Å². The molecule has 2 aromatic rings. The molecule has 0 amide bonds. The van der Waals surface area contributed by atoms with Crippen LogP contribution in [0.4, 0.5) is 0 Å². The first-order valence-corrected chi connectivity index (χ1v) is 7.35. The minimum Gasteiger partial charge on any atom is -0.337 e. The fourth-order valence-corrected chi connectivity index (χ4v) is 1.59. The summed E-state index contributed by atoms with van der Waals surface area (Å²) < 4.78 is 0. The minimum atomic E-state index is -0.288. The number of para-hydroxylation sites is 1. The van der Waals surface area contributed by atoms with Gasteiger partial charge >= 0.3 is 0 Å². The lowest BCUT2D eigenvalue weighted by Crippen LogP contribution is -2.21. The Hall–Kier alpha value is -1.80. The summed E-state index contributed by atoms with van der Waals surface area (Å²) in [5.41, 5.74) is 0.881. The summed E-state index contributed by atoms with van der Waals surface area (Å²) in [7, 11) is 0. The van der Waals surface area contributed by atoms with Crippen LogP contribution in [0.3, 0.4) is 0 Å². The van der Waals surface area contributed by atoms with Gasteiger partial charge in [0.25, 0.3) is 0 Å². The van der Waals surface area contributed by atoms with Crippen LogP contribution in [0, 0.1) is 0 Å². The normalized spacial score (nSPS) is 10.8. The SMILES string of the molecule is CC(C)c1ccccc1OOC(C)(C)C.c1ccccc1. The molecular weight excluding hydrogens is 260 g/mol. The van der Waals surface area contributed by atoms with Gasteiger partial charge in [-0.05, 0) is 32.8 Å². The van der Waals surface area contributed by atoms with E-state index in [9.17, 15) is 0 Å². The Morgan fingerprint density at radius 2 is 1.24 bits per heavy atom. The third-order valence-electron chi connectivity index (χ3n) is 2.59. The molecule has 0 radical (unpaired) electrons. The van der Waals surface area contributed by atoms with Crippen LogP contribution in [-0.2, 0) is 4.89 Å². The maximum atomic E-state index is 5.36. The van der Waals surface area contributed by atoms with Gasteiger partial charge in [-0.1, -0.05) is 68.4 Å². The molecular formula is C19H26O2. The third-order valence-corrected chi connectivity index (χ3v) is 2.59. The van der Waals surface area contributed by atoms with Crippen LogP contribution in [0.15, 0.2) is 60.7 Å². The summed E-state index contributed by atoms with van der Waals surface area (Å²) in [6.45, 7) is 10.2. The molecule has 0 heterocycles. The molecule has 0 aliphatic carbocycles. The van der Waals surface area contributed by atoms with Crippen molar-refractivity contribution in [2.24, 2.45) is 0 Å². The Morgan fingerprint density at radius 1 is 0.762 bits per heavy atom. The van der Waals surface area contributed by atoms with Crippen LogP contribution in [-0.4, -0.2) is 5.60 Å².